The molecule has 3 N–H and O–H groups in total. The van der Waals surface area contributed by atoms with Gasteiger partial charge < -0.3 is 11.1 Å². The molecular formula is C10H12BrF3N2. The van der Waals surface area contributed by atoms with Crippen LogP contribution >= 0.6 is 15.9 Å². The molecule has 0 heterocycles. The molecule has 90 valence electrons. The van der Waals surface area contributed by atoms with E-state index in [2.05, 4.69) is 21.2 Å². The molecule has 0 bridgehead atoms. The van der Waals surface area contributed by atoms with Crippen molar-refractivity contribution in [2.45, 2.75) is 12.6 Å². The quantitative estimate of drug-likeness (QED) is 0.837. The Kier molecular flexibility index (Phi) is 4.61. The molecule has 0 fully saturated rings. The molecule has 1 rings (SSSR count). The highest BCUT2D eigenvalue weighted by Crippen LogP contribution is 2.36. The third kappa shape index (κ3) is 3.68. The second kappa shape index (κ2) is 5.54. The Morgan fingerprint density at radius 3 is 2.56 bits per heavy atom. The molecule has 16 heavy (non-hydrogen) atoms. The van der Waals surface area contributed by atoms with Gasteiger partial charge in [0.2, 0.25) is 0 Å². The minimum atomic E-state index is -4.34. The molecule has 0 atom stereocenters. The van der Waals surface area contributed by atoms with Crippen molar-refractivity contribution in [1.29, 1.82) is 0 Å². The van der Waals surface area contributed by atoms with Crippen LogP contribution in [0.4, 0.5) is 18.9 Å². The Morgan fingerprint density at radius 1 is 1.31 bits per heavy atom. The SMILES string of the molecule is NCCCNc1cc(Br)ccc1C(F)(F)F. The van der Waals surface area contributed by atoms with Crippen LogP contribution in [0.3, 0.4) is 0 Å². The smallest absolute Gasteiger partial charge is 0.384 e. The van der Waals surface area contributed by atoms with Crippen molar-refractivity contribution >= 4 is 21.6 Å². The second-order valence-corrected chi connectivity index (χ2v) is 4.17. The molecule has 2 nitrogen and oxygen atoms in total. The van der Waals surface area contributed by atoms with Gasteiger partial charge in [0.15, 0.2) is 0 Å². The highest BCUT2D eigenvalue weighted by molar-refractivity contribution is 9.10. The van der Waals surface area contributed by atoms with Gasteiger partial charge in [0.25, 0.3) is 0 Å². The summed E-state index contributed by atoms with van der Waals surface area (Å²) in [7, 11) is 0. The van der Waals surface area contributed by atoms with Crippen LogP contribution in [0.25, 0.3) is 0 Å². The zero-order chi connectivity index (χ0) is 12.2. The molecule has 0 unspecified atom stereocenters. The van der Waals surface area contributed by atoms with Gasteiger partial charge in [-0.05, 0) is 31.2 Å². The van der Waals surface area contributed by atoms with Crippen LogP contribution in [-0.2, 0) is 6.18 Å². The van der Waals surface area contributed by atoms with E-state index < -0.39 is 11.7 Å². The van der Waals surface area contributed by atoms with Gasteiger partial charge in [0.1, 0.15) is 0 Å². The molecule has 1 aromatic rings. The summed E-state index contributed by atoms with van der Waals surface area (Å²) in [6.07, 6.45) is -3.71. The summed E-state index contributed by atoms with van der Waals surface area (Å²) in [5.41, 5.74) is 4.69. The zero-order valence-electron chi connectivity index (χ0n) is 8.44. The summed E-state index contributed by atoms with van der Waals surface area (Å²) in [6.45, 7) is 0.873. The fraction of sp³-hybridized carbons (Fsp3) is 0.400. The molecular weight excluding hydrogens is 285 g/mol. The average Bonchev–Trinajstić information content (AvgIpc) is 2.16. The van der Waals surface area contributed by atoms with Crippen LogP contribution in [0.2, 0.25) is 0 Å². The van der Waals surface area contributed by atoms with Crippen molar-refractivity contribution < 1.29 is 13.2 Å². The number of benzene rings is 1. The van der Waals surface area contributed by atoms with Gasteiger partial charge >= 0.3 is 6.18 Å². The Labute approximate surface area is 100 Å². The number of hydrogen-bond donors (Lipinski definition) is 2. The van der Waals surface area contributed by atoms with E-state index in [9.17, 15) is 13.2 Å². The number of rotatable bonds is 4. The largest absolute Gasteiger partial charge is 0.418 e. The zero-order valence-corrected chi connectivity index (χ0v) is 10.0. The molecule has 0 amide bonds. The minimum absolute atomic E-state index is 0.0790. The lowest BCUT2D eigenvalue weighted by Crippen LogP contribution is -2.13. The van der Waals surface area contributed by atoms with Gasteiger partial charge in [0, 0.05) is 16.7 Å². The Balaban J connectivity index is 2.90. The molecule has 0 aliphatic carbocycles. The van der Waals surface area contributed by atoms with Gasteiger partial charge in [-0.1, -0.05) is 15.9 Å². The standard InChI is InChI=1S/C10H12BrF3N2/c11-7-2-3-8(10(12,13)14)9(6-7)16-5-1-4-15/h2-3,6,16H,1,4-5,15H2. The monoisotopic (exact) mass is 296 g/mol. The van der Waals surface area contributed by atoms with Crippen LogP contribution in [0.1, 0.15) is 12.0 Å². The molecule has 1 aromatic carbocycles. The number of halogens is 4. The average molecular weight is 297 g/mol. The van der Waals surface area contributed by atoms with E-state index in [1.807, 2.05) is 0 Å². The lowest BCUT2D eigenvalue weighted by Gasteiger charge is -2.14. The van der Waals surface area contributed by atoms with Gasteiger partial charge in [-0.15, -0.1) is 0 Å². The molecule has 0 spiro atoms. The Bertz CT molecular complexity index is 352. The maximum atomic E-state index is 12.6. The molecule has 0 radical (unpaired) electrons. The van der Waals surface area contributed by atoms with Gasteiger partial charge in [-0.25, -0.2) is 0 Å². The Morgan fingerprint density at radius 2 is 2.00 bits per heavy atom. The van der Waals surface area contributed by atoms with Crippen LogP contribution < -0.4 is 11.1 Å². The van der Waals surface area contributed by atoms with Crippen molar-refractivity contribution in [2.24, 2.45) is 5.73 Å². The summed E-state index contributed by atoms with van der Waals surface area (Å²) in [5.74, 6) is 0. The number of nitrogens with one attached hydrogen (secondary N) is 1. The normalized spacial score (nSPS) is 11.6. The van der Waals surface area contributed by atoms with E-state index in [0.29, 0.717) is 24.0 Å². The van der Waals surface area contributed by atoms with Gasteiger partial charge in [0.05, 0.1) is 5.56 Å². The highest BCUT2D eigenvalue weighted by Gasteiger charge is 2.33. The summed E-state index contributed by atoms with van der Waals surface area (Å²) in [4.78, 5) is 0. The van der Waals surface area contributed by atoms with Crippen LogP contribution in [-0.4, -0.2) is 13.1 Å². The van der Waals surface area contributed by atoms with Crippen molar-refractivity contribution in [2.75, 3.05) is 18.4 Å². The third-order valence-electron chi connectivity index (χ3n) is 1.98. The minimum Gasteiger partial charge on any atom is -0.384 e. The third-order valence-corrected chi connectivity index (χ3v) is 2.48. The highest BCUT2D eigenvalue weighted by atomic mass is 79.9. The number of nitrogens with two attached hydrogens (primary N) is 1. The van der Waals surface area contributed by atoms with E-state index in [0.717, 1.165) is 6.07 Å². The first kappa shape index (κ1) is 13.3. The van der Waals surface area contributed by atoms with Crippen molar-refractivity contribution in [3.63, 3.8) is 0 Å². The lowest BCUT2D eigenvalue weighted by molar-refractivity contribution is -0.136. The van der Waals surface area contributed by atoms with E-state index >= 15 is 0 Å². The van der Waals surface area contributed by atoms with Crippen molar-refractivity contribution in [3.05, 3.63) is 28.2 Å². The summed E-state index contributed by atoms with van der Waals surface area (Å²) < 4.78 is 38.4. The summed E-state index contributed by atoms with van der Waals surface area (Å²) in [6, 6.07) is 3.84. The first-order chi connectivity index (χ1) is 7.45. The molecule has 0 saturated carbocycles. The Hall–Kier alpha value is -0.750. The van der Waals surface area contributed by atoms with Crippen molar-refractivity contribution in [1.82, 2.24) is 0 Å². The molecule has 0 aliphatic heterocycles. The number of anilines is 1. The fourth-order valence-electron chi connectivity index (χ4n) is 1.24. The van der Waals surface area contributed by atoms with Crippen LogP contribution in [0, 0.1) is 0 Å². The summed E-state index contributed by atoms with van der Waals surface area (Å²) >= 11 is 3.14. The van der Waals surface area contributed by atoms with Crippen LogP contribution in [0.5, 0.6) is 0 Å². The lowest BCUT2D eigenvalue weighted by atomic mass is 10.1. The van der Waals surface area contributed by atoms with E-state index in [4.69, 9.17) is 5.73 Å². The molecule has 0 saturated heterocycles. The fourth-order valence-corrected chi connectivity index (χ4v) is 1.60. The molecule has 0 aromatic heterocycles. The van der Waals surface area contributed by atoms with Gasteiger partial charge in [-0.2, -0.15) is 13.2 Å². The van der Waals surface area contributed by atoms with Crippen molar-refractivity contribution in [3.8, 4) is 0 Å². The topological polar surface area (TPSA) is 38.0 Å². The predicted octanol–water partition coefficient (Wildman–Crippen LogP) is 3.23. The second-order valence-electron chi connectivity index (χ2n) is 3.26. The molecule has 6 heteroatoms. The van der Waals surface area contributed by atoms with E-state index in [1.165, 1.54) is 12.1 Å². The predicted molar refractivity (Wildman–Crippen MR) is 61.3 cm³/mol. The number of hydrogen-bond acceptors (Lipinski definition) is 2. The summed E-state index contributed by atoms with van der Waals surface area (Å²) in [5, 5.41) is 2.73. The van der Waals surface area contributed by atoms with E-state index in [-0.39, 0.29) is 5.69 Å². The first-order valence-electron chi connectivity index (χ1n) is 4.76. The van der Waals surface area contributed by atoms with Gasteiger partial charge in [-0.3, -0.25) is 0 Å². The maximum absolute atomic E-state index is 12.6. The van der Waals surface area contributed by atoms with E-state index in [1.54, 1.807) is 0 Å². The maximum Gasteiger partial charge on any atom is 0.418 e. The number of alkyl halides is 3. The first-order valence-corrected chi connectivity index (χ1v) is 5.55. The molecule has 0 aliphatic rings. The van der Waals surface area contributed by atoms with Crippen LogP contribution in [0.15, 0.2) is 22.7 Å².